The number of amides is 2. The summed E-state index contributed by atoms with van der Waals surface area (Å²) in [4.78, 5) is 20.5. The van der Waals surface area contributed by atoms with Crippen LogP contribution >= 0.6 is 0 Å². The minimum Gasteiger partial charge on any atom is -0.493 e. The number of rotatable bonds is 5. The Morgan fingerprint density at radius 3 is 2.88 bits per heavy atom. The Morgan fingerprint density at radius 2 is 2.08 bits per heavy atom. The van der Waals surface area contributed by atoms with Crippen LogP contribution in [0.2, 0.25) is 0 Å². The Bertz CT molecular complexity index is 741. The van der Waals surface area contributed by atoms with Gasteiger partial charge in [0.05, 0.1) is 24.7 Å². The lowest BCUT2D eigenvalue weighted by Gasteiger charge is -2.08. The molecule has 6 heteroatoms. The van der Waals surface area contributed by atoms with Gasteiger partial charge in [0.15, 0.2) is 0 Å². The van der Waals surface area contributed by atoms with E-state index in [0.29, 0.717) is 18.2 Å². The third-order valence-corrected chi connectivity index (χ3v) is 4.33. The van der Waals surface area contributed by atoms with Gasteiger partial charge < -0.3 is 15.4 Å². The molecule has 2 amide bonds. The van der Waals surface area contributed by atoms with Gasteiger partial charge in [-0.1, -0.05) is 12.1 Å². The molecule has 0 radical (unpaired) electrons. The van der Waals surface area contributed by atoms with E-state index in [9.17, 15) is 4.79 Å². The molecule has 2 heterocycles. The highest BCUT2D eigenvalue weighted by atomic mass is 16.5. The lowest BCUT2D eigenvalue weighted by Crippen LogP contribution is -2.30. The third kappa shape index (κ3) is 3.48. The van der Waals surface area contributed by atoms with Crippen LogP contribution in [0.5, 0.6) is 5.75 Å². The van der Waals surface area contributed by atoms with Crippen LogP contribution in [-0.4, -0.2) is 29.2 Å². The van der Waals surface area contributed by atoms with Crippen LogP contribution in [0.4, 0.5) is 10.5 Å². The zero-order valence-electron chi connectivity index (χ0n) is 13.4. The van der Waals surface area contributed by atoms with Crippen LogP contribution in [-0.2, 0) is 12.8 Å². The smallest absolute Gasteiger partial charge is 0.319 e. The molecule has 0 bridgehead atoms. The third-order valence-electron chi connectivity index (χ3n) is 4.33. The van der Waals surface area contributed by atoms with Crippen LogP contribution in [0.1, 0.15) is 35.7 Å². The van der Waals surface area contributed by atoms with E-state index in [0.717, 1.165) is 31.0 Å². The molecule has 1 aliphatic carbocycles. The molecular weight excluding hydrogens is 304 g/mol. The molecule has 2 aromatic rings. The molecule has 6 nitrogen and oxygen atoms in total. The molecule has 0 atom stereocenters. The van der Waals surface area contributed by atoms with E-state index >= 15 is 0 Å². The molecule has 1 aliphatic heterocycles. The average Bonchev–Trinajstić information content (AvgIpc) is 3.33. The lowest BCUT2D eigenvalue weighted by atomic mass is 10.1. The van der Waals surface area contributed by atoms with Crippen LogP contribution in [0.25, 0.3) is 0 Å². The molecule has 1 saturated carbocycles. The molecule has 0 saturated heterocycles. The Labute approximate surface area is 140 Å². The number of aromatic nitrogens is 2. The molecule has 2 N–H and O–H groups in total. The van der Waals surface area contributed by atoms with Gasteiger partial charge in [-0.15, -0.1) is 0 Å². The van der Waals surface area contributed by atoms with Crippen molar-refractivity contribution < 1.29 is 9.53 Å². The van der Waals surface area contributed by atoms with Crippen molar-refractivity contribution in [2.45, 2.75) is 31.6 Å². The number of nitrogens with one attached hydrogen (secondary N) is 2. The first-order valence-electron chi connectivity index (χ1n) is 8.39. The second-order valence-corrected chi connectivity index (χ2v) is 6.28. The lowest BCUT2D eigenvalue weighted by molar-refractivity contribution is 0.252. The fraction of sp³-hybridized carbons (Fsp3) is 0.389. The molecule has 0 unspecified atom stereocenters. The van der Waals surface area contributed by atoms with Crippen LogP contribution in [0.3, 0.4) is 0 Å². The summed E-state index contributed by atoms with van der Waals surface area (Å²) in [6, 6.07) is 5.99. The van der Waals surface area contributed by atoms with E-state index in [4.69, 9.17) is 4.74 Å². The largest absolute Gasteiger partial charge is 0.493 e. The van der Waals surface area contributed by atoms with Gasteiger partial charge in [-0.25, -0.2) is 14.8 Å². The molecule has 1 aromatic heterocycles. The minimum atomic E-state index is -0.234. The number of fused-ring (bicyclic) bond motifs is 1. The predicted molar refractivity (Wildman–Crippen MR) is 90.4 cm³/mol. The fourth-order valence-electron chi connectivity index (χ4n) is 2.85. The minimum absolute atomic E-state index is 0.234. The monoisotopic (exact) mass is 324 g/mol. The fourth-order valence-corrected chi connectivity index (χ4v) is 2.85. The number of benzene rings is 1. The Balaban J connectivity index is 1.24. The van der Waals surface area contributed by atoms with Crippen LogP contribution in [0.15, 0.2) is 30.6 Å². The van der Waals surface area contributed by atoms with Gasteiger partial charge in [-0.3, -0.25) is 0 Å². The van der Waals surface area contributed by atoms with E-state index < -0.39 is 0 Å². The van der Waals surface area contributed by atoms with E-state index in [1.165, 1.54) is 24.0 Å². The highest BCUT2D eigenvalue weighted by Gasteiger charge is 2.26. The zero-order valence-corrected chi connectivity index (χ0v) is 13.4. The van der Waals surface area contributed by atoms with Crippen molar-refractivity contribution in [3.63, 3.8) is 0 Å². The zero-order chi connectivity index (χ0) is 16.4. The Morgan fingerprint density at radius 1 is 1.25 bits per heavy atom. The molecule has 1 fully saturated rings. The SMILES string of the molecule is O=C(NCCc1ccc2c(c1)CCO2)Nc1cnc(C2CC2)nc1. The van der Waals surface area contributed by atoms with Crippen LogP contribution < -0.4 is 15.4 Å². The van der Waals surface area contributed by atoms with Crippen molar-refractivity contribution in [1.82, 2.24) is 15.3 Å². The number of carbonyl (C=O) groups is 1. The molecule has 2 aliphatic rings. The standard InChI is InChI=1S/C18H20N4O2/c23-18(22-15-10-20-17(21-11-15)13-2-3-13)19-7-5-12-1-4-16-14(9-12)6-8-24-16/h1,4,9-11,13H,2-3,5-8H2,(H2,19,22,23). The Kier molecular flexibility index (Phi) is 4.02. The number of carbonyl (C=O) groups excluding carboxylic acids is 1. The summed E-state index contributed by atoms with van der Waals surface area (Å²) in [5.74, 6) is 2.38. The summed E-state index contributed by atoms with van der Waals surface area (Å²) in [6.07, 6.45) is 7.43. The van der Waals surface area contributed by atoms with E-state index in [1.807, 2.05) is 12.1 Å². The second kappa shape index (κ2) is 6.47. The predicted octanol–water partition coefficient (Wildman–Crippen LogP) is 2.65. The number of hydrogen-bond donors (Lipinski definition) is 2. The summed E-state index contributed by atoms with van der Waals surface area (Å²) >= 11 is 0. The molecule has 0 spiro atoms. The van der Waals surface area contributed by atoms with Gasteiger partial charge in [0, 0.05) is 18.9 Å². The molecule has 24 heavy (non-hydrogen) atoms. The van der Waals surface area contributed by atoms with Crippen molar-refractivity contribution in [2.75, 3.05) is 18.5 Å². The van der Waals surface area contributed by atoms with Crippen molar-refractivity contribution >= 4 is 11.7 Å². The summed E-state index contributed by atoms with van der Waals surface area (Å²) in [7, 11) is 0. The first kappa shape index (κ1) is 14.9. The number of urea groups is 1. The summed E-state index contributed by atoms with van der Waals surface area (Å²) in [5, 5.41) is 5.62. The first-order valence-corrected chi connectivity index (χ1v) is 8.39. The molecule has 4 rings (SSSR count). The van der Waals surface area contributed by atoms with Crippen molar-refractivity contribution in [3.05, 3.63) is 47.5 Å². The van der Waals surface area contributed by atoms with Gasteiger partial charge in [0.1, 0.15) is 11.6 Å². The summed E-state index contributed by atoms with van der Waals surface area (Å²) in [5.41, 5.74) is 3.08. The van der Waals surface area contributed by atoms with Crippen molar-refractivity contribution in [1.29, 1.82) is 0 Å². The van der Waals surface area contributed by atoms with Gasteiger partial charge in [0.2, 0.25) is 0 Å². The topological polar surface area (TPSA) is 76.1 Å². The summed E-state index contributed by atoms with van der Waals surface area (Å²) < 4.78 is 5.50. The van der Waals surface area contributed by atoms with Gasteiger partial charge >= 0.3 is 6.03 Å². The number of ether oxygens (including phenoxy) is 1. The average molecular weight is 324 g/mol. The Hall–Kier alpha value is -2.63. The molecular formula is C18H20N4O2. The molecule has 1 aromatic carbocycles. The molecule has 124 valence electrons. The number of anilines is 1. The van der Waals surface area contributed by atoms with Gasteiger partial charge in [0.25, 0.3) is 0 Å². The van der Waals surface area contributed by atoms with E-state index in [2.05, 4.69) is 26.7 Å². The highest BCUT2D eigenvalue weighted by molar-refractivity contribution is 5.88. The van der Waals surface area contributed by atoms with Crippen molar-refractivity contribution in [3.8, 4) is 5.75 Å². The normalized spacial score (nSPS) is 15.5. The number of nitrogens with zero attached hydrogens (tertiary/aromatic N) is 2. The van der Waals surface area contributed by atoms with Gasteiger partial charge in [-0.2, -0.15) is 0 Å². The van der Waals surface area contributed by atoms with Crippen LogP contribution in [0, 0.1) is 0 Å². The van der Waals surface area contributed by atoms with Crippen molar-refractivity contribution in [2.24, 2.45) is 0 Å². The maximum atomic E-state index is 11.9. The second-order valence-electron chi connectivity index (χ2n) is 6.28. The van der Waals surface area contributed by atoms with E-state index in [1.54, 1.807) is 12.4 Å². The number of hydrogen-bond acceptors (Lipinski definition) is 4. The quantitative estimate of drug-likeness (QED) is 0.886. The first-order chi connectivity index (χ1) is 11.8. The van der Waals surface area contributed by atoms with Gasteiger partial charge in [-0.05, 0) is 36.5 Å². The van der Waals surface area contributed by atoms with E-state index in [-0.39, 0.29) is 6.03 Å². The maximum absolute atomic E-state index is 11.9. The highest BCUT2D eigenvalue weighted by Crippen LogP contribution is 2.37. The maximum Gasteiger partial charge on any atom is 0.319 e. The summed E-state index contributed by atoms with van der Waals surface area (Å²) in [6.45, 7) is 1.34.